The maximum atomic E-state index is 12.9. The van der Waals surface area contributed by atoms with Crippen LogP contribution in [0, 0.1) is 9.39 Å². The molecule has 1 aromatic carbocycles. The average Bonchev–Trinajstić information content (AvgIpc) is 2.37. The highest BCUT2D eigenvalue weighted by molar-refractivity contribution is 14.1. The third-order valence-electron chi connectivity index (χ3n) is 2.67. The number of morpholine rings is 1. The number of halogens is 2. The van der Waals surface area contributed by atoms with Gasteiger partial charge < -0.3 is 15.4 Å². The molecule has 1 heterocycles. The number of rotatable bonds is 3. The number of nitrogens with one attached hydrogen (secondary N) is 2. The van der Waals surface area contributed by atoms with Crippen LogP contribution in [0.5, 0.6) is 0 Å². The summed E-state index contributed by atoms with van der Waals surface area (Å²) >= 11 is 1.95. The van der Waals surface area contributed by atoms with Gasteiger partial charge in [0, 0.05) is 23.2 Å². The van der Waals surface area contributed by atoms with Gasteiger partial charge in [0.25, 0.3) is 5.91 Å². The zero-order chi connectivity index (χ0) is 13.0. The molecule has 0 aliphatic carbocycles. The predicted molar refractivity (Wildman–Crippen MR) is 74.1 cm³/mol. The molecule has 0 aromatic heterocycles. The molecule has 6 heteroatoms. The number of carbonyl (C=O) groups is 1. The first kappa shape index (κ1) is 13.7. The predicted octanol–water partition coefficient (Wildman–Crippen LogP) is 1.15. The van der Waals surface area contributed by atoms with E-state index in [0.29, 0.717) is 22.3 Å². The van der Waals surface area contributed by atoms with Gasteiger partial charge in [0.2, 0.25) is 0 Å². The Bertz CT molecular complexity index is 436. The summed E-state index contributed by atoms with van der Waals surface area (Å²) in [5.41, 5.74) is 0.487. The maximum absolute atomic E-state index is 12.9. The molecule has 0 saturated carbocycles. The topological polar surface area (TPSA) is 50.4 Å². The molecule has 2 rings (SSSR count). The van der Waals surface area contributed by atoms with E-state index in [2.05, 4.69) is 10.6 Å². The van der Waals surface area contributed by atoms with Crippen molar-refractivity contribution >= 4 is 28.5 Å². The van der Waals surface area contributed by atoms with Gasteiger partial charge in [-0.1, -0.05) is 0 Å². The lowest BCUT2D eigenvalue weighted by Crippen LogP contribution is -2.45. The van der Waals surface area contributed by atoms with Crippen LogP contribution in [-0.2, 0) is 4.74 Å². The number of amides is 1. The lowest BCUT2D eigenvalue weighted by molar-refractivity contribution is 0.0287. The van der Waals surface area contributed by atoms with Gasteiger partial charge in [0.05, 0.1) is 18.3 Å². The van der Waals surface area contributed by atoms with E-state index >= 15 is 0 Å². The van der Waals surface area contributed by atoms with E-state index < -0.39 is 0 Å². The molecular weight excluding hydrogens is 350 g/mol. The normalized spacial score (nSPS) is 19.6. The molecule has 1 fully saturated rings. The van der Waals surface area contributed by atoms with Crippen LogP contribution in [0.1, 0.15) is 10.4 Å². The Morgan fingerprint density at radius 1 is 1.61 bits per heavy atom. The third-order valence-corrected chi connectivity index (χ3v) is 3.56. The quantitative estimate of drug-likeness (QED) is 0.792. The van der Waals surface area contributed by atoms with Crippen molar-refractivity contribution in [3.05, 3.63) is 33.1 Å². The van der Waals surface area contributed by atoms with E-state index in [4.69, 9.17) is 4.74 Å². The SMILES string of the molecule is O=C(NCC1CNCCO1)c1ccc(F)cc1I. The largest absolute Gasteiger partial charge is 0.374 e. The minimum absolute atomic E-state index is 0.000750. The van der Waals surface area contributed by atoms with E-state index in [1.807, 2.05) is 22.6 Å². The molecule has 1 aliphatic heterocycles. The minimum Gasteiger partial charge on any atom is -0.374 e. The molecule has 1 saturated heterocycles. The van der Waals surface area contributed by atoms with Crippen LogP contribution in [0.25, 0.3) is 0 Å². The monoisotopic (exact) mass is 364 g/mol. The van der Waals surface area contributed by atoms with E-state index in [1.54, 1.807) is 0 Å². The smallest absolute Gasteiger partial charge is 0.252 e. The molecule has 0 bridgehead atoms. The lowest BCUT2D eigenvalue weighted by atomic mass is 10.2. The fourth-order valence-corrected chi connectivity index (χ4v) is 2.45. The molecule has 1 unspecified atom stereocenters. The maximum Gasteiger partial charge on any atom is 0.252 e. The van der Waals surface area contributed by atoms with Crippen molar-refractivity contribution in [3.8, 4) is 0 Å². The van der Waals surface area contributed by atoms with Gasteiger partial charge in [-0.3, -0.25) is 4.79 Å². The van der Waals surface area contributed by atoms with Gasteiger partial charge in [0.15, 0.2) is 0 Å². The highest BCUT2D eigenvalue weighted by Gasteiger charge is 2.16. The fraction of sp³-hybridized carbons (Fsp3) is 0.417. The standard InChI is InChI=1S/C12H14FIN2O2/c13-8-1-2-10(11(14)5-8)12(17)16-7-9-6-15-3-4-18-9/h1-2,5,9,15H,3-4,6-7H2,(H,16,17). The molecule has 0 radical (unpaired) electrons. The van der Waals surface area contributed by atoms with Crippen molar-refractivity contribution in [3.63, 3.8) is 0 Å². The average molecular weight is 364 g/mol. The Kier molecular flexibility index (Phi) is 4.90. The second-order valence-electron chi connectivity index (χ2n) is 4.03. The Morgan fingerprint density at radius 2 is 2.44 bits per heavy atom. The van der Waals surface area contributed by atoms with Crippen LogP contribution in [0.15, 0.2) is 18.2 Å². The first-order valence-corrected chi connectivity index (χ1v) is 6.80. The molecular formula is C12H14FIN2O2. The van der Waals surface area contributed by atoms with Gasteiger partial charge in [-0.05, 0) is 40.8 Å². The Hall–Kier alpha value is -0.730. The Labute approximate surface area is 118 Å². The number of hydrogen-bond acceptors (Lipinski definition) is 3. The molecule has 98 valence electrons. The summed E-state index contributed by atoms with van der Waals surface area (Å²) < 4.78 is 19.0. The molecule has 1 aromatic rings. The summed E-state index contributed by atoms with van der Waals surface area (Å²) in [5.74, 6) is -0.538. The van der Waals surface area contributed by atoms with Gasteiger partial charge in [0.1, 0.15) is 5.82 Å². The third kappa shape index (κ3) is 3.63. The molecule has 1 aliphatic rings. The van der Waals surface area contributed by atoms with Gasteiger partial charge in [-0.25, -0.2) is 4.39 Å². The molecule has 1 atom stereocenters. The summed E-state index contributed by atoms with van der Waals surface area (Å²) in [4.78, 5) is 11.9. The minimum atomic E-state index is -0.337. The van der Waals surface area contributed by atoms with Crippen molar-refractivity contribution in [1.29, 1.82) is 0 Å². The van der Waals surface area contributed by atoms with Crippen molar-refractivity contribution in [2.45, 2.75) is 6.10 Å². The summed E-state index contributed by atoms with van der Waals surface area (Å²) in [5, 5.41) is 5.99. The van der Waals surface area contributed by atoms with Crippen LogP contribution < -0.4 is 10.6 Å². The van der Waals surface area contributed by atoms with Crippen LogP contribution in [0.4, 0.5) is 4.39 Å². The van der Waals surface area contributed by atoms with Crippen LogP contribution in [-0.4, -0.2) is 38.3 Å². The first-order chi connectivity index (χ1) is 8.66. The molecule has 4 nitrogen and oxygen atoms in total. The van der Waals surface area contributed by atoms with Crippen molar-refractivity contribution < 1.29 is 13.9 Å². The van der Waals surface area contributed by atoms with Gasteiger partial charge in [-0.15, -0.1) is 0 Å². The highest BCUT2D eigenvalue weighted by atomic mass is 127. The van der Waals surface area contributed by atoms with Crippen molar-refractivity contribution in [2.24, 2.45) is 0 Å². The number of ether oxygens (including phenoxy) is 1. The summed E-state index contributed by atoms with van der Waals surface area (Å²) in [6.45, 7) is 2.70. The van der Waals surface area contributed by atoms with E-state index in [-0.39, 0.29) is 17.8 Å². The summed E-state index contributed by atoms with van der Waals surface area (Å²) in [7, 11) is 0. The second kappa shape index (κ2) is 6.44. The van der Waals surface area contributed by atoms with Crippen molar-refractivity contribution in [2.75, 3.05) is 26.2 Å². The van der Waals surface area contributed by atoms with Crippen LogP contribution in [0.2, 0.25) is 0 Å². The van der Waals surface area contributed by atoms with Crippen molar-refractivity contribution in [1.82, 2.24) is 10.6 Å². The highest BCUT2D eigenvalue weighted by Crippen LogP contribution is 2.13. The first-order valence-electron chi connectivity index (χ1n) is 5.72. The molecule has 2 N–H and O–H groups in total. The number of benzene rings is 1. The molecule has 0 spiro atoms. The van der Waals surface area contributed by atoms with Gasteiger partial charge >= 0.3 is 0 Å². The van der Waals surface area contributed by atoms with E-state index in [1.165, 1.54) is 18.2 Å². The number of carbonyl (C=O) groups excluding carboxylic acids is 1. The van der Waals surface area contributed by atoms with Crippen LogP contribution in [0.3, 0.4) is 0 Å². The lowest BCUT2D eigenvalue weighted by Gasteiger charge is -2.23. The fourth-order valence-electron chi connectivity index (χ4n) is 1.73. The van der Waals surface area contributed by atoms with E-state index in [0.717, 1.165) is 13.1 Å². The zero-order valence-corrected chi connectivity index (χ0v) is 11.9. The Balaban J connectivity index is 1.90. The second-order valence-corrected chi connectivity index (χ2v) is 5.19. The zero-order valence-electron chi connectivity index (χ0n) is 9.71. The molecule has 1 amide bonds. The number of hydrogen-bond donors (Lipinski definition) is 2. The van der Waals surface area contributed by atoms with Gasteiger partial charge in [-0.2, -0.15) is 0 Å². The Morgan fingerprint density at radius 3 is 3.11 bits per heavy atom. The molecule has 18 heavy (non-hydrogen) atoms. The summed E-state index contributed by atoms with van der Waals surface area (Å²) in [6.07, 6.45) is 0.000750. The van der Waals surface area contributed by atoms with Crippen LogP contribution >= 0.6 is 22.6 Å². The van der Waals surface area contributed by atoms with E-state index in [9.17, 15) is 9.18 Å². The summed E-state index contributed by atoms with van der Waals surface area (Å²) in [6, 6.07) is 4.12.